The van der Waals surface area contributed by atoms with E-state index in [0.29, 0.717) is 13.2 Å². The molecule has 3 heterocycles. The largest absolute Gasteiger partial charge is 0.373 e. The molecule has 1 N–H and O–H groups in total. The van der Waals surface area contributed by atoms with E-state index in [1.54, 1.807) is 22.2 Å². The van der Waals surface area contributed by atoms with Crippen molar-refractivity contribution in [2.24, 2.45) is 13.0 Å². The maximum atomic E-state index is 12.4. The van der Waals surface area contributed by atoms with Crippen molar-refractivity contribution < 1.29 is 9.53 Å². The first-order chi connectivity index (χ1) is 10.1. The van der Waals surface area contributed by atoms with E-state index in [2.05, 4.69) is 15.4 Å². The molecule has 2 aromatic heterocycles. The van der Waals surface area contributed by atoms with Crippen molar-refractivity contribution in [1.82, 2.24) is 20.1 Å². The third-order valence-corrected chi connectivity index (χ3v) is 4.41. The Labute approximate surface area is 127 Å². The van der Waals surface area contributed by atoms with Gasteiger partial charge >= 0.3 is 0 Å². The molecule has 0 radical (unpaired) electrons. The molecule has 0 spiro atoms. The van der Waals surface area contributed by atoms with Crippen molar-refractivity contribution in [2.45, 2.75) is 26.0 Å². The molecule has 2 aromatic rings. The molecule has 0 bridgehead atoms. The zero-order valence-corrected chi connectivity index (χ0v) is 12.9. The average Bonchev–Trinajstić information content (AvgIpc) is 3.16. The zero-order valence-electron chi connectivity index (χ0n) is 12.1. The third-order valence-electron chi connectivity index (χ3n) is 3.59. The van der Waals surface area contributed by atoms with Gasteiger partial charge in [0.1, 0.15) is 0 Å². The standard InChI is InChI=1S/C14H18N4O2S/c1-9-17-11(8-21-9)6-15-14(19)12-3-4-20-13(12)10-5-16-18(2)7-10/h5,7-8,12-13H,3-4,6H2,1-2H3,(H,15,19)/t12-,13+/m0/s1. The Kier molecular flexibility index (Phi) is 4.03. The van der Waals surface area contributed by atoms with Crippen LogP contribution < -0.4 is 5.32 Å². The first-order valence-electron chi connectivity index (χ1n) is 6.92. The molecule has 1 aliphatic heterocycles. The predicted octanol–water partition coefficient (Wildman–Crippen LogP) is 1.58. The average molecular weight is 306 g/mol. The molecule has 0 aliphatic carbocycles. The molecule has 1 aliphatic rings. The van der Waals surface area contributed by atoms with Crippen LogP contribution in [0.5, 0.6) is 0 Å². The number of nitrogens with zero attached hydrogens (tertiary/aromatic N) is 3. The van der Waals surface area contributed by atoms with Crippen LogP contribution in [0.2, 0.25) is 0 Å². The van der Waals surface area contributed by atoms with Crippen molar-refractivity contribution in [3.8, 4) is 0 Å². The lowest BCUT2D eigenvalue weighted by Gasteiger charge is -2.16. The van der Waals surface area contributed by atoms with Crippen LogP contribution in [0.15, 0.2) is 17.8 Å². The van der Waals surface area contributed by atoms with Crippen molar-refractivity contribution in [3.05, 3.63) is 34.0 Å². The summed E-state index contributed by atoms with van der Waals surface area (Å²) in [7, 11) is 1.86. The highest BCUT2D eigenvalue weighted by Gasteiger charge is 2.35. The van der Waals surface area contributed by atoms with Gasteiger partial charge in [0, 0.05) is 30.8 Å². The number of amides is 1. The Morgan fingerprint density at radius 3 is 3.14 bits per heavy atom. The van der Waals surface area contributed by atoms with Gasteiger partial charge in [-0.25, -0.2) is 4.98 Å². The van der Waals surface area contributed by atoms with Gasteiger partial charge in [0.05, 0.1) is 35.5 Å². The molecule has 0 aromatic carbocycles. The molecule has 21 heavy (non-hydrogen) atoms. The molecule has 3 rings (SSSR count). The minimum Gasteiger partial charge on any atom is -0.373 e. The number of carbonyl (C=O) groups is 1. The Balaban J connectivity index is 1.63. The monoisotopic (exact) mass is 306 g/mol. The van der Waals surface area contributed by atoms with Crippen molar-refractivity contribution in [1.29, 1.82) is 0 Å². The Morgan fingerprint density at radius 2 is 2.48 bits per heavy atom. The minimum atomic E-state index is -0.198. The number of ether oxygens (including phenoxy) is 1. The number of aromatic nitrogens is 3. The SMILES string of the molecule is Cc1nc(CNC(=O)[C@H]2CCO[C@@H]2c2cnn(C)c2)cs1. The van der Waals surface area contributed by atoms with Gasteiger partial charge in [-0.05, 0) is 13.3 Å². The fourth-order valence-corrected chi connectivity index (χ4v) is 3.18. The summed E-state index contributed by atoms with van der Waals surface area (Å²) in [4.78, 5) is 16.7. The molecule has 1 saturated heterocycles. The number of hydrogen-bond acceptors (Lipinski definition) is 5. The fraction of sp³-hybridized carbons (Fsp3) is 0.500. The van der Waals surface area contributed by atoms with Gasteiger partial charge in [-0.3, -0.25) is 9.48 Å². The number of carbonyl (C=O) groups excluding carboxylic acids is 1. The number of hydrogen-bond donors (Lipinski definition) is 1. The second-order valence-corrected chi connectivity index (χ2v) is 6.27. The van der Waals surface area contributed by atoms with Gasteiger partial charge in [-0.15, -0.1) is 11.3 Å². The molecule has 112 valence electrons. The molecule has 0 unspecified atom stereocenters. The normalized spacial score (nSPS) is 21.6. The quantitative estimate of drug-likeness (QED) is 0.931. The number of aryl methyl sites for hydroxylation is 2. The van der Waals surface area contributed by atoms with Crippen LogP contribution in [0.3, 0.4) is 0 Å². The van der Waals surface area contributed by atoms with E-state index >= 15 is 0 Å². The molecule has 2 atom stereocenters. The first-order valence-corrected chi connectivity index (χ1v) is 7.80. The summed E-state index contributed by atoms with van der Waals surface area (Å²) in [5.74, 6) is -0.138. The van der Waals surface area contributed by atoms with Crippen molar-refractivity contribution >= 4 is 17.2 Å². The summed E-state index contributed by atoms with van der Waals surface area (Å²) in [6.07, 6.45) is 4.21. The second-order valence-electron chi connectivity index (χ2n) is 5.21. The molecule has 1 amide bonds. The Hall–Kier alpha value is -1.73. The van der Waals surface area contributed by atoms with Gasteiger partial charge in [0.25, 0.3) is 0 Å². The van der Waals surface area contributed by atoms with E-state index in [1.165, 1.54) is 0 Å². The van der Waals surface area contributed by atoms with E-state index in [9.17, 15) is 4.79 Å². The topological polar surface area (TPSA) is 69.0 Å². The Morgan fingerprint density at radius 1 is 1.62 bits per heavy atom. The lowest BCUT2D eigenvalue weighted by Crippen LogP contribution is -2.32. The van der Waals surface area contributed by atoms with E-state index in [0.717, 1.165) is 22.7 Å². The summed E-state index contributed by atoms with van der Waals surface area (Å²) in [6.45, 7) is 3.03. The van der Waals surface area contributed by atoms with Gasteiger partial charge < -0.3 is 10.1 Å². The van der Waals surface area contributed by atoms with E-state index < -0.39 is 0 Å². The van der Waals surface area contributed by atoms with Gasteiger partial charge in [-0.2, -0.15) is 5.10 Å². The van der Waals surface area contributed by atoms with Crippen LogP contribution in [-0.4, -0.2) is 27.3 Å². The summed E-state index contributed by atoms with van der Waals surface area (Å²) in [5.41, 5.74) is 1.86. The van der Waals surface area contributed by atoms with Gasteiger partial charge in [-0.1, -0.05) is 0 Å². The minimum absolute atomic E-state index is 0.0204. The fourth-order valence-electron chi connectivity index (χ4n) is 2.57. The lowest BCUT2D eigenvalue weighted by molar-refractivity contribution is -0.127. The van der Waals surface area contributed by atoms with Gasteiger partial charge in [0.15, 0.2) is 0 Å². The van der Waals surface area contributed by atoms with Gasteiger partial charge in [0.2, 0.25) is 5.91 Å². The molecule has 0 saturated carbocycles. The maximum Gasteiger partial charge on any atom is 0.226 e. The smallest absolute Gasteiger partial charge is 0.226 e. The molecule has 6 nitrogen and oxygen atoms in total. The van der Waals surface area contributed by atoms with Crippen LogP contribution in [0.25, 0.3) is 0 Å². The summed E-state index contributed by atoms with van der Waals surface area (Å²) in [5, 5.41) is 10.1. The van der Waals surface area contributed by atoms with Crippen LogP contribution >= 0.6 is 11.3 Å². The first kappa shape index (κ1) is 14.2. The van der Waals surface area contributed by atoms with Crippen LogP contribution in [0.4, 0.5) is 0 Å². The zero-order chi connectivity index (χ0) is 14.8. The predicted molar refractivity (Wildman–Crippen MR) is 78.7 cm³/mol. The van der Waals surface area contributed by atoms with E-state index in [-0.39, 0.29) is 17.9 Å². The molecule has 1 fully saturated rings. The van der Waals surface area contributed by atoms with E-state index in [1.807, 2.05) is 25.5 Å². The second kappa shape index (κ2) is 5.95. The molecule has 7 heteroatoms. The summed E-state index contributed by atoms with van der Waals surface area (Å²) < 4.78 is 7.44. The summed E-state index contributed by atoms with van der Waals surface area (Å²) in [6, 6.07) is 0. The summed E-state index contributed by atoms with van der Waals surface area (Å²) >= 11 is 1.59. The van der Waals surface area contributed by atoms with E-state index in [4.69, 9.17) is 4.74 Å². The van der Waals surface area contributed by atoms with Crippen LogP contribution in [0, 0.1) is 12.8 Å². The van der Waals surface area contributed by atoms with Crippen LogP contribution in [-0.2, 0) is 23.1 Å². The molecular weight excluding hydrogens is 288 g/mol. The van der Waals surface area contributed by atoms with Crippen LogP contribution in [0.1, 0.15) is 28.8 Å². The molecular formula is C14H18N4O2S. The van der Waals surface area contributed by atoms with Crippen molar-refractivity contribution in [3.63, 3.8) is 0 Å². The highest BCUT2D eigenvalue weighted by Crippen LogP contribution is 2.34. The van der Waals surface area contributed by atoms with Crippen molar-refractivity contribution in [2.75, 3.05) is 6.61 Å². The lowest BCUT2D eigenvalue weighted by atomic mass is 9.96. The highest BCUT2D eigenvalue weighted by molar-refractivity contribution is 7.09. The number of thiazole rings is 1. The third kappa shape index (κ3) is 3.14. The number of rotatable bonds is 4. The number of nitrogens with one attached hydrogen (secondary N) is 1. The maximum absolute atomic E-state index is 12.4. The Bertz CT molecular complexity index is 636. The highest BCUT2D eigenvalue weighted by atomic mass is 32.1.